The SMILES string of the molecule is CC(C)N(CC1CCCNC1)c1ncnc2c1CCCC2. The highest BCUT2D eigenvalue weighted by Gasteiger charge is 2.24. The zero-order valence-electron chi connectivity index (χ0n) is 13.4. The second-order valence-electron chi connectivity index (χ2n) is 6.79. The molecular weight excluding hydrogens is 260 g/mol. The molecule has 0 bridgehead atoms. The Hall–Kier alpha value is -1.16. The zero-order chi connectivity index (χ0) is 14.7. The maximum atomic E-state index is 4.67. The molecular formula is C17H28N4. The van der Waals surface area contributed by atoms with Crippen molar-refractivity contribution in [2.24, 2.45) is 5.92 Å². The summed E-state index contributed by atoms with van der Waals surface area (Å²) in [7, 11) is 0. The minimum atomic E-state index is 0.493. The molecule has 1 atom stereocenters. The molecule has 2 heterocycles. The molecule has 1 aliphatic heterocycles. The fourth-order valence-electron chi connectivity index (χ4n) is 3.65. The largest absolute Gasteiger partial charge is 0.354 e. The van der Waals surface area contributed by atoms with E-state index in [1.807, 2.05) is 0 Å². The van der Waals surface area contributed by atoms with Crippen molar-refractivity contribution in [1.82, 2.24) is 15.3 Å². The number of aromatic nitrogens is 2. The molecule has 0 saturated carbocycles. The fourth-order valence-corrected chi connectivity index (χ4v) is 3.65. The summed E-state index contributed by atoms with van der Waals surface area (Å²) < 4.78 is 0. The maximum absolute atomic E-state index is 4.67. The van der Waals surface area contributed by atoms with E-state index in [0.29, 0.717) is 6.04 Å². The van der Waals surface area contributed by atoms with Crippen molar-refractivity contribution in [2.75, 3.05) is 24.5 Å². The molecule has 1 unspecified atom stereocenters. The number of nitrogens with one attached hydrogen (secondary N) is 1. The maximum Gasteiger partial charge on any atom is 0.135 e. The Bertz CT molecular complexity index is 466. The van der Waals surface area contributed by atoms with Crippen molar-refractivity contribution in [3.8, 4) is 0 Å². The van der Waals surface area contributed by atoms with Gasteiger partial charge in [-0.3, -0.25) is 0 Å². The highest BCUT2D eigenvalue weighted by atomic mass is 15.2. The lowest BCUT2D eigenvalue weighted by molar-refractivity contribution is 0.370. The Kier molecular flexibility index (Phi) is 4.73. The molecule has 1 fully saturated rings. The van der Waals surface area contributed by atoms with Crippen LogP contribution in [0.5, 0.6) is 0 Å². The molecule has 2 aliphatic rings. The van der Waals surface area contributed by atoms with Gasteiger partial charge in [-0.05, 0) is 71.4 Å². The van der Waals surface area contributed by atoms with Gasteiger partial charge in [0.05, 0.1) is 0 Å². The van der Waals surface area contributed by atoms with E-state index >= 15 is 0 Å². The predicted molar refractivity (Wildman–Crippen MR) is 86.7 cm³/mol. The van der Waals surface area contributed by atoms with Gasteiger partial charge < -0.3 is 10.2 Å². The molecule has 1 aliphatic carbocycles. The van der Waals surface area contributed by atoms with Crippen LogP contribution in [-0.2, 0) is 12.8 Å². The summed E-state index contributed by atoms with van der Waals surface area (Å²) in [6, 6.07) is 0.493. The Morgan fingerprint density at radius 2 is 2.10 bits per heavy atom. The predicted octanol–water partition coefficient (Wildman–Crippen LogP) is 2.57. The molecule has 1 aromatic rings. The number of anilines is 1. The Labute approximate surface area is 128 Å². The topological polar surface area (TPSA) is 41.0 Å². The highest BCUT2D eigenvalue weighted by molar-refractivity contribution is 5.50. The number of fused-ring (bicyclic) bond motifs is 1. The lowest BCUT2D eigenvalue weighted by Crippen LogP contribution is -2.42. The number of rotatable bonds is 4. The van der Waals surface area contributed by atoms with E-state index in [0.717, 1.165) is 31.8 Å². The first kappa shape index (κ1) is 14.8. The van der Waals surface area contributed by atoms with E-state index in [9.17, 15) is 0 Å². The smallest absolute Gasteiger partial charge is 0.135 e. The summed E-state index contributed by atoms with van der Waals surface area (Å²) >= 11 is 0. The van der Waals surface area contributed by atoms with Crippen LogP contribution in [0.15, 0.2) is 6.33 Å². The summed E-state index contributed by atoms with van der Waals surface area (Å²) in [4.78, 5) is 11.7. The quantitative estimate of drug-likeness (QED) is 0.924. The van der Waals surface area contributed by atoms with Crippen molar-refractivity contribution in [3.63, 3.8) is 0 Å². The molecule has 1 N–H and O–H groups in total. The first-order valence-corrected chi connectivity index (χ1v) is 8.56. The molecule has 3 rings (SSSR count). The second kappa shape index (κ2) is 6.73. The van der Waals surface area contributed by atoms with Crippen LogP contribution in [0.3, 0.4) is 0 Å². The molecule has 0 spiro atoms. The van der Waals surface area contributed by atoms with Gasteiger partial charge in [0.1, 0.15) is 12.1 Å². The van der Waals surface area contributed by atoms with Gasteiger partial charge in [-0.1, -0.05) is 0 Å². The summed E-state index contributed by atoms with van der Waals surface area (Å²) in [6.07, 6.45) is 9.25. The van der Waals surface area contributed by atoms with E-state index in [1.54, 1.807) is 6.33 Å². The summed E-state index contributed by atoms with van der Waals surface area (Å²) in [5.74, 6) is 1.95. The van der Waals surface area contributed by atoms with Crippen LogP contribution in [0.2, 0.25) is 0 Å². The van der Waals surface area contributed by atoms with Crippen LogP contribution in [0.4, 0.5) is 5.82 Å². The van der Waals surface area contributed by atoms with E-state index in [2.05, 4.69) is 34.0 Å². The number of aryl methyl sites for hydroxylation is 1. The molecule has 0 amide bonds. The molecule has 4 heteroatoms. The molecule has 1 aromatic heterocycles. The molecule has 1 saturated heterocycles. The van der Waals surface area contributed by atoms with E-state index < -0.39 is 0 Å². The van der Waals surface area contributed by atoms with Gasteiger partial charge in [0.2, 0.25) is 0 Å². The highest BCUT2D eigenvalue weighted by Crippen LogP contribution is 2.29. The molecule has 21 heavy (non-hydrogen) atoms. The second-order valence-corrected chi connectivity index (χ2v) is 6.79. The van der Waals surface area contributed by atoms with Crippen LogP contribution in [0.25, 0.3) is 0 Å². The Balaban J connectivity index is 1.83. The van der Waals surface area contributed by atoms with Crippen LogP contribution < -0.4 is 10.2 Å². The van der Waals surface area contributed by atoms with Gasteiger partial charge in [0.25, 0.3) is 0 Å². The average molecular weight is 288 g/mol. The van der Waals surface area contributed by atoms with Gasteiger partial charge in [-0.25, -0.2) is 9.97 Å². The van der Waals surface area contributed by atoms with Crippen molar-refractivity contribution in [1.29, 1.82) is 0 Å². The normalized spacial score (nSPS) is 22.1. The molecule has 116 valence electrons. The van der Waals surface area contributed by atoms with Crippen LogP contribution in [-0.4, -0.2) is 35.6 Å². The van der Waals surface area contributed by atoms with Gasteiger partial charge in [-0.2, -0.15) is 0 Å². The third kappa shape index (κ3) is 3.37. The minimum absolute atomic E-state index is 0.493. The third-order valence-corrected chi connectivity index (χ3v) is 4.85. The molecule has 0 radical (unpaired) electrons. The first-order valence-electron chi connectivity index (χ1n) is 8.56. The monoisotopic (exact) mass is 288 g/mol. The van der Waals surface area contributed by atoms with Crippen molar-refractivity contribution < 1.29 is 0 Å². The van der Waals surface area contributed by atoms with Gasteiger partial charge in [0, 0.05) is 23.8 Å². The number of piperidine rings is 1. The van der Waals surface area contributed by atoms with E-state index in [-0.39, 0.29) is 0 Å². The van der Waals surface area contributed by atoms with Crippen molar-refractivity contribution in [2.45, 2.75) is 58.4 Å². The van der Waals surface area contributed by atoms with Crippen LogP contribution in [0, 0.1) is 5.92 Å². The molecule has 0 aromatic carbocycles. The number of nitrogens with zero attached hydrogens (tertiary/aromatic N) is 3. The van der Waals surface area contributed by atoms with E-state index in [4.69, 9.17) is 0 Å². The standard InChI is InChI=1S/C17H28N4/c1-13(2)21(11-14-6-5-9-18-10-14)17-15-7-3-4-8-16(15)19-12-20-17/h12-14,18H,3-11H2,1-2H3. The lowest BCUT2D eigenvalue weighted by atomic mass is 9.94. The van der Waals surface area contributed by atoms with E-state index in [1.165, 1.54) is 49.3 Å². The fraction of sp³-hybridized carbons (Fsp3) is 0.765. The third-order valence-electron chi connectivity index (χ3n) is 4.85. The van der Waals surface area contributed by atoms with Gasteiger partial charge in [0.15, 0.2) is 0 Å². The summed E-state index contributed by atoms with van der Waals surface area (Å²) in [6.45, 7) is 8.02. The van der Waals surface area contributed by atoms with Gasteiger partial charge in [-0.15, -0.1) is 0 Å². The van der Waals surface area contributed by atoms with Crippen LogP contribution in [0.1, 0.15) is 50.8 Å². The average Bonchev–Trinajstić information content (AvgIpc) is 2.53. The van der Waals surface area contributed by atoms with Gasteiger partial charge >= 0.3 is 0 Å². The van der Waals surface area contributed by atoms with Crippen molar-refractivity contribution >= 4 is 5.82 Å². The minimum Gasteiger partial charge on any atom is -0.354 e. The lowest BCUT2D eigenvalue weighted by Gasteiger charge is -2.35. The zero-order valence-corrected chi connectivity index (χ0v) is 13.4. The Morgan fingerprint density at radius 3 is 2.86 bits per heavy atom. The molecule has 4 nitrogen and oxygen atoms in total. The van der Waals surface area contributed by atoms with Crippen LogP contribution >= 0.6 is 0 Å². The summed E-state index contributed by atoms with van der Waals surface area (Å²) in [5.41, 5.74) is 2.71. The first-order chi connectivity index (χ1) is 10.3. The number of hydrogen-bond donors (Lipinski definition) is 1. The summed E-state index contributed by atoms with van der Waals surface area (Å²) in [5, 5.41) is 3.53. The van der Waals surface area contributed by atoms with Crippen molar-refractivity contribution in [3.05, 3.63) is 17.6 Å². The number of hydrogen-bond acceptors (Lipinski definition) is 4. The Morgan fingerprint density at radius 1 is 1.24 bits per heavy atom.